The maximum atomic E-state index is 11.9. The molecule has 1 heterocycles. The van der Waals surface area contributed by atoms with Crippen LogP contribution < -0.4 is 5.32 Å². The molecule has 1 amide bonds. The third-order valence-corrected chi connectivity index (χ3v) is 2.54. The Bertz CT molecular complexity index is 362. The Balaban J connectivity index is 2.41. The van der Waals surface area contributed by atoms with Crippen molar-refractivity contribution in [2.24, 2.45) is 0 Å². The van der Waals surface area contributed by atoms with Gasteiger partial charge < -0.3 is 14.7 Å². The molecule has 0 aromatic carbocycles. The smallest absolute Gasteiger partial charge is 0.224 e. The minimum absolute atomic E-state index is 0.110. The lowest BCUT2D eigenvalue weighted by Crippen LogP contribution is -2.34. The minimum Gasteiger partial charge on any atom is -0.361 e. The number of nitrogens with zero attached hydrogens (tertiary/aromatic N) is 2. The van der Waals surface area contributed by atoms with Crippen molar-refractivity contribution in [1.82, 2.24) is 15.4 Å². The first kappa shape index (κ1) is 13.7. The molecule has 0 saturated heterocycles. The molecule has 5 nitrogen and oxygen atoms in total. The Labute approximate surface area is 102 Å². The zero-order chi connectivity index (χ0) is 12.8. The van der Waals surface area contributed by atoms with E-state index in [9.17, 15) is 4.79 Å². The molecule has 96 valence electrons. The molecule has 1 atom stereocenters. The van der Waals surface area contributed by atoms with Gasteiger partial charge in [0.25, 0.3) is 0 Å². The van der Waals surface area contributed by atoms with Gasteiger partial charge in [0.2, 0.25) is 5.91 Å². The Morgan fingerprint density at radius 3 is 2.88 bits per heavy atom. The number of hydrogen-bond acceptors (Lipinski definition) is 4. The molecule has 5 heteroatoms. The Morgan fingerprint density at radius 2 is 2.35 bits per heavy atom. The maximum Gasteiger partial charge on any atom is 0.224 e. The molecule has 1 unspecified atom stereocenters. The summed E-state index contributed by atoms with van der Waals surface area (Å²) in [7, 11) is 1.78. The summed E-state index contributed by atoms with van der Waals surface area (Å²) in [5.41, 5.74) is 0.787. The molecule has 0 saturated carbocycles. The van der Waals surface area contributed by atoms with Crippen LogP contribution in [0.5, 0.6) is 0 Å². The van der Waals surface area contributed by atoms with Crippen LogP contribution in [0.1, 0.15) is 31.7 Å². The molecule has 0 radical (unpaired) electrons. The Morgan fingerprint density at radius 1 is 1.65 bits per heavy atom. The van der Waals surface area contributed by atoms with Gasteiger partial charge in [-0.3, -0.25) is 4.79 Å². The number of aromatic nitrogens is 1. The van der Waals surface area contributed by atoms with Gasteiger partial charge >= 0.3 is 0 Å². The van der Waals surface area contributed by atoms with Crippen LogP contribution in [0.15, 0.2) is 10.6 Å². The number of nitrogens with one attached hydrogen (secondary N) is 1. The van der Waals surface area contributed by atoms with E-state index in [1.807, 2.05) is 26.8 Å². The van der Waals surface area contributed by atoms with Crippen LogP contribution in [0.3, 0.4) is 0 Å². The summed E-state index contributed by atoms with van der Waals surface area (Å²) in [6.07, 6.45) is 0.501. The first-order valence-electron chi connectivity index (χ1n) is 5.92. The second-order valence-electron chi connectivity index (χ2n) is 4.34. The van der Waals surface area contributed by atoms with E-state index in [0.29, 0.717) is 13.0 Å². The van der Waals surface area contributed by atoms with E-state index in [4.69, 9.17) is 4.52 Å². The van der Waals surface area contributed by atoms with E-state index < -0.39 is 0 Å². The van der Waals surface area contributed by atoms with Gasteiger partial charge in [-0.05, 0) is 20.4 Å². The van der Waals surface area contributed by atoms with Crippen LogP contribution in [0, 0.1) is 6.92 Å². The van der Waals surface area contributed by atoms with Gasteiger partial charge in [-0.2, -0.15) is 0 Å². The molecule has 1 aromatic rings. The largest absolute Gasteiger partial charge is 0.361 e. The van der Waals surface area contributed by atoms with Gasteiger partial charge in [0, 0.05) is 25.6 Å². The van der Waals surface area contributed by atoms with Crippen LogP contribution in [0.2, 0.25) is 0 Å². The molecule has 0 aliphatic rings. The number of carbonyl (C=O) groups excluding carboxylic acids is 1. The van der Waals surface area contributed by atoms with Crippen LogP contribution in [0.4, 0.5) is 0 Å². The van der Waals surface area contributed by atoms with Gasteiger partial charge in [-0.1, -0.05) is 12.1 Å². The van der Waals surface area contributed by atoms with Crippen molar-refractivity contribution in [3.63, 3.8) is 0 Å². The highest BCUT2D eigenvalue weighted by atomic mass is 16.5. The topological polar surface area (TPSA) is 58.4 Å². The summed E-state index contributed by atoms with van der Waals surface area (Å²) in [6.45, 7) is 7.25. The molecular weight excluding hydrogens is 218 g/mol. The molecule has 0 fully saturated rings. The molecular formula is C12H21N3O2. The van der Waals surface area contributed by atoms with E-state index in [1.165, 1.54) is 0 Å². The molecule has 1 aromatic heterocycles. The quantitative estimate of drug-likeness (QED) is 0.813. The third-order valence-electron chi connectivity index (χ3n) is 2.54. The second-order valence-corrected chi connectivity index (χ2v) is 4.34. The summed E-state index contributed by atoms with van der Waals surface area (Å²) in [4.78, 5) is 13.5. The van der Waals surface area contributed by atoms with Crippen molar-refractivity contribution in [3.8, 4) is 0 Å². The standard InChI is InChI=1S/C12H21N3O2/c1-5-13-9(2)6-12(16)15(4)8-11-7-10(3)17-14-11/h7,9,13H,5-6,8H2,1-4H3. The first-order valence-corrected chi connectivity index (χ1v) is 5.92. The van der Waals surface area contributed by atoms with E-state index in [2.05, 4.69) is 10.5 Å². The lowest BCUT2D eigenvalue weighted by molar-refractivity contribution is -0.130. The average Bonchev–Trinajstić information content (AvgIpc) is 2.64. The summed E-state index contributed by atoms with van der Waals surface area (Å²) < 4.78 is 4.96. The monoisotopic (exact) mass is 239 g/mol. The zero-order valence-corrected chi connectivity index (χ0v) is 11.0. The van der Waals surface area contributed by atoms with Crippen molar-refractivity contribution in [1.29, 1.82) is 0 Å². The van der Waals surface area contributed by atoms with Gasteiger partial charge in [-0.15, -0.1) is 0 Å². The van der Waals surface area contributed by atoms with Crippen molar-refractivity contribution in [2.75, 3.05) is 13.6 Å². The maximum absolute atomic E-state index is 11.9. The van der Waals surface area contributed by atoms with Crippen LogP contribution >= 0.6 is 0 Å². The molecule has 0 spiro atoms. The van der Waals surface area contributed by atoms with E-state index in [1.54, 1.807) is 11.9 Å². The summed E-state index contributed by atoms with van der Waals surface area (Å²) in [5.74, 6) is 0.876. The van der Waals surface area contributed by atoms with E-state index in [-0.39, 0.29) is 11.9 Å². The predicted octanol–water partition coefficient (Wildman–Crippen LogP) is 1.33. The highest BCUT2D eigenvalue weighted by Gasteiger charge is 2.14. The normalized spacial score (nSPS) is 12.5. The molecule has 17 heavy (non-hydrogen) atoms. The molecule has 1 rings (SSSR count). The first-order chi connectivity index (χ1) is 8.02. The number of aryl methyl sites for hydroxylation is 1. The van der Waals surface area contributed by atoms with Gasteiger partial charge in [0.05, 0.1) is 6.54 Å². The number of rotatable bonds is 6. The molecule has 0 aliphatic heterocycles. The Kier molecular flexibility index (Phi) is 5.15. The zero-order valence-electron chi connectivity index (χ0n) is 11.0. The molecule has 1 N–H and O–H groups in total. The van der Waals surface area contributed by atoms with Crippen molar-refractivity contribution in [3.05, 3.63) is 17.5 Å². The Hall–Kier alpha value is -1.36. The predicted molar refractivity (Wildman–Crippen MR) is 65.5 cm³/mol. The number of amides is 1. The second kappa shape index (κ2) is 6.39. The molecule has 0 aliphatic carbocycles. The summed E-state index contributed by atoms with van der Waals surface area (Å²) in [5, 5.41) is 7.09. The fraction of sp³-hybridized carbons (Fsp3) is 0.667. The average molecular weight is 239 g/mol. The lowest BCUT2D eigenvalue weighted by atomic mass is 10.2. The fourth-order valence-electron chi connectivity index (χ4n) is 1.66. The lowest BCUT2D eigenvalue weighted by Gasteiger charge is -2.18. The van der Waals surface area contributed by atoms with Crippen molar-refractivity contribution >= 4 is 5.91 Å². The van der Waals surface area contributed by atoms with Crippen LogP contribution in [-0.2, 0) is 11.3 Å². The number of hydrogen-bond donors (Lipinski definition) is 1. The van der Waals surface area contributed by atoms with Gasteiger partial charge in [-0.25, -0.2) is 0 Å². The summed E-state index contributed by atoms with van der Waals surface area (Å²) in [6, 6.07) is 2.05. The van der Waals surface area contributed by atoms with Crippen LogP contribution in [-0.4, -0.2) is 35.6 Å². The number of carbonyl (C=O) groups is 1. The van der Waals surface area contributed by atoms with E-state index in [0.717, 1.165) is 18.0 Å². The minimum atomic E-state index is 0.110. The highest BCUT2D eigenvalue weighted by Crippen LogP contribution is 2.06. The van der Waals surface area contributed by atoms with Gasteiger partial charge in [0.15, 0.2) is 0 Å². The van der Waals surface area contributed by atoms with Crippen molar-refractivity contribution < 1.29 is 9.32 Å². The SMILES string of the molecule is CCNC(C)CC(=O)N(C)Cc1cc(C)on1. The van der Waals surface area contributed by atoms with Crippen molar-refractivity contribution in [2.45, 2.75) is 39.8 Å². The third kappa shape index (κ3) is 4.56. The summed E-state index contributed by atoms with van der Waals surface area (Å²) >= 11 is 0. The van der Waals surface area contributed by atoms with E-state index >= 15 is 0 Å². The van der Waals surface area contributed by atoms with Gasteiger partial charge in [0.1, 0.15) is 11.5 Å². The highest BCUT2D eigenvalue weighted by molar-refractivity contribution is 5.76. The van der Waals surface area contributed by atoms with Crippen LogP contribution in [0.25, 0.3) is 0 Å². The molecule has 0 bridgehead atoms. The fourth-order valence-corrected chi connectivity index (χ4v) is 1.66.